The molecule has 0 bridgehead atoms. The number of imidazole rings is 1. The number of fused-ring (bicyclic) bond motifs is 1. The first-order chi connectivity index (χ1) is 13.0. The van der Waals surface area contributed by atoms with Crippen molar-refractivity contribution in [1.82, 2.24) is 19.8 Å². The van der Waals surface area contributed by atoms with Gasteiger partial charge in [0.1, 0.15) is 23.4 Å². The lowest BCUT2D eigenvalue weighted by Gasteiger charge is -2.53. The average Bonchev–Trinajstić information content (AvgIpc) is 2.81. The van der Waals surface area contributed by atoms with Gasteiger partial charge in [-0.15, -0.1) is 0 Å². The van der Waals surface area contributed by atoms with E-state index in [0.29, 0.717) is 28.6 Å². The number of para-hydroxylation sites is 1. The number of aryl methyl sites for hydroxylation is 1. The van der Waals surface area contributed by atoms with Crippen LogP contribution in [0.5, 0.6) is 5.75 Å². The van der Waals surface area contributed by atoms with Gasteiger partial charge in [0.05, 0.1) is 5.52 Å². The number of rotatable bonds is 3. The van der Waals surface area contributed by atoms with Crippen molar-refractivity contribution < 1.29 is 14.3 Å². The monoisotopic (exact) mass is 370 g/mol. The van der Waals surface area contributed by atoms with Gasteiger partial charge in [0.25, 0.3) is 0 Å². The molecule has 142 valence electrons. The van der Waals surface area contributed by atoms with E-state index in [9.17, 15) is 14.4 Å². The first kappa shape index (κ1) is 16.6. The van der Waals surface area contributed by atoms with E-state index in [0.717, 1.165) is 25.9 Å². The van der Waals surface area contributed by atoms with Crippen molar-refractivity contribution in [2.24, 2.45) is 12.5 Å². The molecule has 27 heavy (non-hydrogen) atoms. The lowest BCUT2D eigenvalue weighted by Crippen LogP contribution is -2.62. The molecule has 3 heterocycles. The molecule has 2 amide bonds. The Bertz CT molecular complexity index is 1010. The Balaban J connectivity index is 1.51. The van der Waals surface area contributed by atoms with Gasteiger partial charge in [0.15, 0.2) is 0 Å². The molecular weight excluding hydrogens is 348 g/mol. The van der Waals surface area contributed by atoms with Gasteiger partial charge in [-0.3, -0.25) is 24.0 Å². The number of amides is 2. The van der Waals surface area contributed by atoms with Gasteiger partial charge < -0.3 is 10.1 Å². The highest BCUT2D eigenvalue weighted by atomic mass is 16.5. The lowest BCUT2D eigenvalue weighted by molar-refractivity contribution is -0.135. The summed E-state index contributed by atoms with van der Waals surface area (Å²) < 4.78 is 9.24. The smallest absolute Gasteiger partial charge is 0.329 e. The van der Waals surface area contributed by atoms with Crippen LogP contribution in [0.25, 0.3) is 11.0 Å². The second kappa shape index (κ2) is 5.69. The van der Waals surface area contributed by atoms with Crippen LogP contribution in [0.15, 0.2) is 23.0 Å². The normalized spacial score (nSPS) is 24.6. The van der Waals surface area contributed by atoms with E-state index in [1.165, 1.54) is 9.13 Å². The Kier molecular flexibility index (Phi) is 3.49. The maximum atomic E-state index is 12.9. The highest BCUT2D eigenvalue weighted by molar-refractivity contribution is 6.00. The van der Waals surface area contributed by atoms with E-state index >= 15 is 0 Å². The van der Waals surface area contributed by atoms with Crippen LogP contribution in [0, 0.1) is 5.41 Å². The number of piperidine rings is 1. The van der Waals surface area contributed by atoms with E-state index < -0.39 is 11.9 Å². The molecule has 1 saturated carbocycles. The number of nitrogens with zero attached hydrogens (tertiary/aromatic N) is 2. The van der Waals surface area contributed by atoms with Crippen molar-refractivity contribution in [3.8, 4) is 5.75 Å². The number of nitrogens with one attached hydrogen (secondary N) is 2. The Labute approximate surface area is 155 Å². The van der Waals surface area contributed by atoms with Crippen molar-refractivity contribution >= 4 is 22.8 Å². The van der Waals surface area contributed by atoms with Crippen LogP contribution in [0.4, 0.5) is 0 Å². The molecule has 0 radical (unpaired) electrons. The predicted molar refractivity (Wildman–Crippen MR) is 97.6 cm³/mol. The molecule has 3 fully saturated rings. The van der Waals surface area contributed by atoms with Crippen LogP contribution in [-0.4, -0.2) is 40.1 Å². The Morgan fingerprint density at radius 2 is 1.96 bits per heavy atom. The third kappa shape index (κ3) is 2.43. The third-order valence-electron chi connectivity index (χ3n) is 6.20. The van der Waals surface area contributed by atoms with Gasteiger partial charge >= 0.3 is 5.69 Å². The summed E-state index contributed by atoms with van der Waals surface area (Å²) in [5, 5.41) is 5.65. The van der Waals surface area contributed by atoms with Crippen LogP contribution in [-0.2, 0) is 16.6 Å². The van der Waals surface area contributed by atoms with Gasteiger partial charge in [-0.25, -0.2) is 4.79 Å². The van der Waals surface area contributed by atoms with E-state index in [2.05, 4.69) is 10.6 Å². The summed E-state index contributed by atoms with van der Waals surface area (Å²) in [5.41, 5.74) is 1.49. The SMILES string of the molecule is Cn1c(=O)n(C2CCC(=O)NC2=O)c2cccc(OC3CC4(CNC4)C3)c21. The molecule has 3 aliphatic rings. The van der Waals surface area contributed by atoms with Crippen molar-refractivity contribution in [3.63, 3.8) is 0 Å². The molecule has 1 atom stereocenters. The maximum absolute atomic E-state index is 12.9. The molecule has 2 N–H and O–H groups in total. The number of aromatic nitrogens is 2. The molecule has 8 nitrogen and oxygen atoms in total. The molecule has 2 aliphatic heterocycles. The standard InChI is InChI=1S/C19H22N4O4/c1-22-16-12(23(18(22)26)13-5-6-15(24)21-17(13)25)3-2-4-14(16)27-11-7-19(8-11)9-20-10-19/h2-4,11,13,20H,5-10H2,1H3,(H,21,24,25). The number of carbonyl (C=O) groups excluding carboxylic acids is 2. The van der Waals surface area contributed by atoms with Gasteiger partial charge in [-0.2, -0.15) is 0 Å². The number of ether oxygens (including phenoxy) is 1. The van der Waals surface area contributed by atoms with Crippen molar-refractivity contribution in [2.45, 2.75) is 37.8 Å². The van der Waals surface area contributed by atoms with E-state index in [-0.39, 0.29) is 24.1 Å². The molecule has 1 aromatic heterocycles. The number of hydrogen-bond acceptors (Lipinski definition) is 5. The Morgan fingerprint density at radius 1 is 1.19 bits per heavy atom. The fourth-order valence-electron chi connectivity index (χ4n) is 4.66. The zero-order valence-corrected chi connectivity index (χ0v) is 15.2. The summed E-state index contributed by atoms with van der Waals surface area (Å²) in [7, 11) is 1.69. The second-order valence-electron chi connectivity index (χ2n) is 8.05. The van der Waals surface area contributed by atoms with Crippen LogP contribution >= 0.6 is 0 Å². The van der Waals surface area contributed by atoms with Crippen molar-refractivity contribution in [3.05, 3.63) is 28.7 Å². The van der Waals surface area contributed by atoms with Gasteiger partial charge in [-0.05, 0) is 31.4 Å². The average molecular weight is 370 g/mol. The summed E-state index contributed by atoms with van der Waals surface area (Å²) in [6, 6.07) is 4.87. The highest BCUT2D eigenvalue weighted by Gasteiger charge is 2.49. The fourth-order valence-corrected chi connectivity index (χ4v) is 4.66. The zero-order valence-electron chi connectivity index (χ0n) is 15.2. The molecule has 2 aromatic rings. The largest absolute Gasteiger partial charge is 0.488 e. The molecule has 1 aromatic carbocycles. The Morgan fingerprint density at radius 3 is 2.63 bits per heavy atom. The maximum Gasteiger partial charge on any atom is 0.329 e. The molecule has 1 spiro atoms. The molecule has 1 unspecified atom stereocenters. The van der Waals surface area contributed by atoms with E-state index in [4.69, 9.17) is 4.74 Å². The van der Waals surface area contributed by atoms with Crippen LogP contribution < -0.4 is 21.1 Å². The van der Waals surface area contributed by atoms with E-state index in [1.54, 1.807) is 7.05 Å². The minimum atomic E-state index is -0.679. The van der Waals surface area contributed by atoms with Crippen LogP contribution in [0.3, 0.4) is 0 Å². The summed E-state index contributed by atoms with van der Waals surface area (Å²) >= 11 is 0. The first-order valence-corrected chi connectivity index (χ1v) is 9.38. The minimum Gasteiger partial charge on any atom is -0.488 e. The summed E-state index contributed by atoms with van der Waals surface area (Å²) in [5.74, 6) is -0.0474. The molecule has 5 rings (SSSR count). The summed E-state index contributed by atoms with van der Waals surface area (Å²) in [4.78, 5) is 36.6. The fraction of sp³-hybridized carbons (Fsp3) is 0.526. The van der Waals surface area contributed by atoms with Gasteiger partial charge in [0.2, 0.25) is 11.8 Å². The van der Waals surface area contributed by atoms with Crippen molar-refractivity contribution in [1.29, 1.82) is 0 Å². The third-order valence-corrected chi connectivity index (χ3v) is 6.20. The van der Waals surface area contributed by atoms with Gasteiger partial charge in [-0.1, -0.05) is 6.07 Å². The Hall–Kier alpha value is -2.61. The lowest BCUT2D eigenvalue weighted by atomic mass is 9.63. The molecule has 1 aliphatic carbocycles. The zero-order chi connectivity index (χ0) is 18.8. The molecule has 2 saturated heterocycles. The number of benzene rings is 1. The quantitative estimate of drug-likeness (QED) is 0.765. The number of carbonyl (C=O) groups is 2. The van der Waals surface area contributed by atoms with Crippen LogP contribution in [0.1, 0.15) is 31.7 Å². The molecule has 8 heteroatoms. The van der Waals surface area contributed by atoms with E-state index in [1.807, 2.05) is 18.2 Å². The minimum absolute atomic E-state index is 0.159. The topological polar surface area (TPSA) is 94.4 Å². The van der Waals surface area contributed by atoms with Gasteiger partial charge in [0, 0.05) is 32.0 Å². The predicted octanol–water partition coefficient (Wildman–Crippen LogP) is 0.448. The van der Waals surface area contributed by atoms with Crippen molar-refractivity contribution in [2.75, 3.05) is 13.1 Å². The summed E-state index contributed by atoms with van der Waals surface area (Å²) in [6.07, 6.45) is 2.77. The summed E-state index contributed by atoms with van der Waals surface area (Å²) in [6.45, 7) is 2.11. The number of hydrogen-bond donors (Lipinski definition) is 2. The van der Waals surface area contributed by atoms with Crippen LogP contribution in [0.2, 0.25) is 0 Å². The number of imide groups is 1. The second-order valence-corrected chi connectivity index (χ2v) is 8.05. The highest BCUT2D eigenvalue weighted by Crippen LogP contribution is 2.46. The molecular formula is C19H22N4O4. The first-order valence-electron chi connectivity index (χ1n) is 9.38.